The van der Waals surface area contributed by atoms with Crippen LogP contribution in [0.3, 0.4) is 0 Å². The lowest BCUT2D eigenvalue weighted by Crippen LogP contribution is -2.22. The Labute approximate surface area is 174 Å². The second-order valence-corrected chi connectivity index (χ2v) is 7.81. The van der Waals surface area contributed by atoms with Crippen LogP contribution >= 0.6 is 11.8 Å². The molecule has 0 bridgehead atoms. The number of thioether (sulfide) groups is 1. The van der Waals surface area contributed by atoms with E-state index < -0.39 is 0 Å². The van der Waals surface area contributed by atoms with E-state index >= 15 is 0 Å². The molecule has 0 aliphatic heterocycles. The number of rotatable bonds is 7. The number of pyridine rings is 2. The van der Waals surface area contributed by atoms with Crippen molar-refractivity contribution in [1.29, 1.82) is 0 Å². The zero-order chi connectivity index (χ0) is 20.1. The van der Waals surface area contributed by atoms with Gasteiger partial charge in [-0.2, -0.15) is 0 Å². The predicted octanol–water partition coefficient (Wildman–Crippen LogP) is 4.11. The smallest absolute Gasteiger partial charge is 0.222 e. The van der Waals surface area contributed by atoms with Crippen LogP contribution in [0.4, 0.5) is 11.8 Å². The monoisotopic (exact) mass is 408 g/mol. The Hall–Kier alpha value is -2.87. The van der Waals surface area contributed by atoms with E-state index in [9.17, 15) is 0 Å². The first kappa shape index (κ1) is 19.4. The Bertz CT molecular complexity index is 935. The molecular formula is C21H24N6OS. The van der Waals surface area contributed by atoms with Crippen molar-refractivity contribution >= 4 is 23.5 Å². The SMILES string of the molecule is COc1ncccc1-c1ccc(N[C@H]2CCC(Nc3ncc(SC)cn3)C2)nc1. The summed E-state index contributed by atoms with van der Waals surface area (Å²) in [5, 5.41) is 6.98. The lowest BCUT2D eigenvalue weighted by Gasteiger charge is -2.15. The summed E-state index contributed by atoms with van der Waals surface area (Å²) in [7, 11) is 1.63. The molecule has 0 amide bonds. The number of hydrogen-bond acceptors (Lipinski definition) is 8. The molecule has 1 saturated carbocycles. The predicted molar refractivity (Wildman–Crippen MR) is 117 cm³/mol. The molecule has 0 aromatic carbocycles. The summed E-state index contributed by atoms with van der Waals surface area (Å²) in [6.45, 7) is 0. The molecule has 0 radical (unpaired) electrons. The Morgan fingerprint density at radius 3 is 2.45 bits per heavy atom. The molecule has 1 fully saturated rings. The minimum Gasteiger partial charge on any atom is -0.481 e. The molecule has 0 spiro atoms. The lowest BCUT2D eigenvalue weighted by atomic mass is 10.1. The Morgan fingerprint density at radius 1 is 0.966 bits per heavy atom. The molecule has 8 heteroatoms. The summed E-state index contributed by atoms with van der Waals surface area (Å²) in [6.07, 6.45) is 12.5. The van der Waals surface area contributed by atoms with Gasteiger partial charge in [0.1, 0.15) is 5.82 Å². The molecule has 7 nitrogen and oxygen atoms in total. The first-order valence-electron chi connectivity index (χ1n) is 9.59. The first-order chi connectivity index (χ1) is 14.2. The second kappa shape index (κ2) is 9.09. The zero-order valence-electron chi connectivity index (χ0n) is 16.5. The summed E-state index contributed by atoms with van der Waals surface area (Å²) in [5.74, 6) is 2.18. The molecule has 3 aromatic rings. The Balaban J connectivity index is 1.34. The molecule has 1 aliphatic carbocycles. The van der Waals surface area contributed by atoms with Crippen molar-refractivity contribution in [3.8, 4) is 17.0 Å². The van der Waals surface area contributed by atoms with E-state index in [4.69, 9.17) is 4.74 Å². The van der Waals surface area contributed by atoms with Crippen LogP contribution < -0.4 is 15.4 Å². The highest BCUT2D eigenvalue weighted by atomic mass is 32.2. The fourth-order valence-corrected chi connectivity index (χ4v) is 3.86. The van der Waals surface area contributed by atoms with Gasteiger partial charge in [-0.15, -0.1) is 11.8 Å². The van der Waals surface area contributed by atoms with Gasteiger partial charge in [0, 0.05) is 52.9 Å². The van der Waals surface area contributed by atoms with Crippen LogP contribution in [0.25, 0.3) is 11.1 Å². The summed E-state index contributed by atoms with van der Waals surface area (Å²) in [5.41, 5.74) is 1.92. The van der Waals surface area contributed by atoms with E-state index in [1.807, 2.05) is 49.1 Å². The van der Waals surface area contributed by atoms with Crippen molar-refractivity contribution in [2.75, 3.05) is 24.0 Å². The van der Waals surface area contributed by atoms with Gasteiger partial charge < -0.3 is 15.4 Å². The highest BCUT2D eigenvalue weighted by Gasteiger charge is 2.25. The average molecular weight is 409 g/mol. The van der Waals surface area contributed by atoms with Gasteiger partial charge in [0.25, 0.3) is 0 Å². The molecule has 1 aliphatic rings. The van der Waals surface area contributed by atoms with E-state index in [1.54, 1.807) is 25.1 Å². The maximum atomic E-state index is 5.34. The van der Waals surface area contributed by atoms with Crippen molar-refractivity contribution in [3.05, 3.63) is 49.1 Å². The number of aromatic nitrogens is 4. The maximum absolute atomic E-state index is 5.34. The normalized spacial score (nSPS) is 18.4. The summed E-state index contributed by atoms with van der Waals surface area (Å²) >= 11 is 1.64. The molecule has 2 N–H and O–H groups in total. The second-order valence-electron chi connectivity index (χ2n) is 6.93. The maximum Gasteiger partial charge on any atom is 0.222 e. The van der Waals surface area contributed by atoms with Crippen LogP contribution in [0.15, 0.2) is 53.9 Å². The van der Waals surface area contributed by atoms with Gasteiger partial charge in [-0.1, -0.05) is 0 Å². The molecule has 150 valence electrons. The molecule has 29 heavy (non-hydrogen) atoms. The zero-order valence-corrected chi connectivity index (χ0v) is 17.3. The number of anilines is 2. The van der Waals surface area contributed by atoms with Gasteiger partial charge in [0.15, 0.2) is 0 Å². The third kappa shape index (κ3) is 4.76. The van der Waals surface area contributed by atoms with Crippen LogP contribution in [0.1, 0.15) is 19.3 Å². The average Bonchev–Trinajstić information content (AvgIpc) is 3.21. The number of methoxy groups -OCH3 is 1. The topological polar surface area (TPSA) is 84.9 Å². The minimum atomic E-state index is 0.367. The van der Waals surface area contributed by atoms with E-state index in [-0.39, 0.29) is 0 Å². The van der Waals surface area contributed by atoms with Gasteiger partial charge in [0.2, 0.25) is 11.8 Å². The van der Waals surface area contributed by atoms with Crippen molar-refractivity contribution in [2.45, 2.75) is 36.2 Å². The van der Waals surface area contributed by atoms with Crippen molar-refractivity contribution in [2.24, 2.45) is 0 Å². The van der Waals surface area contributed by atoms with Crippen LogP contribution in [-0.4, -0.2) is 45.4 Å². The number of hydrogen-bond donors (Lipinski definition) is 2. The van der Waals surface area contributed by atoms with Crippen LogP contribution in [0.2, 0.25) is 0 Å². The molecule has 1 unspecified atom stereocenters. The van der Waals surface area contributed by atoms with Gasteiger partial charge in [-0.25, -0.2) is 19.9 Å². The first-order valence-corrected chi connectivity index (χ1v) is 10.8. The van der Waals surface area contributed by atoms with Crippen LogP contribution in [0, 0.1) is 0 Å². The molecule has 4 rings (SSSR count). The largest absolute Gasteiger partial charge is 0.481 e. The van der Waals surface area contributed by atoms with E-state index in [1.165, 1.54) is 0 Å². The van der Waals surface area contributed by atoms with Gasteiger partial charge in [0.05, 0.1) is 7.11 Å². The van der Waals surface area contributed by atoms with Crippen molar-refractivity contribution in [1.82, 2.24) is 19.9 Å². The summed E-state index contributed by atoms with van der Waals surface area (Å²) in [4.78, 5) is 18.7. The van der Waals surface area contributed by atoms with Crippen LogP contribution in [0.5, 0.6) is 5.88 Å². The van der Waals surface area contributed by atoms with Crippen molar-refractivity contribution in [3.63, 3.8) is 0 Å². The standard InChI is InChI=1S/C21H24N6OS/c1-28-20-18(4-3-9-22-20)14-5-8-19(23-11-14)26-15-6-7-16(10-15)27-21-24-12-17(29-2)13-25-21/h3-5,8-9,11-13,15-16H,6-7,10H2,1-2H3,(H,23,26)(H,24,25,27)/t15-,16?/m0/s1. The van der Waals surface area contributed by atoms with Crippen molar-refractivity contribution < 1.29 is 4.74 Å². The quantitative estimate of drug-likeness (QED) is 0.565. The Morgan fingerprint density at radius 2 is 1.76 bits per heavy atom. The molecule has 2 atom stereocenters. The fourth-order valence-electron chi connectivity index (χ4n) is 3.54. The summed E-state index contributed by atoms with van der Waals surface area (Å²) < 4.78 is 5.34. The number of ether oxygens (including phenoxy) is 1. The molecule has 3 heterocycles. The molecular weight excluding hydrogens is 384 g/mol. The highest BCUT2D eigenvalue weighted by Crippen LogP contribution is 2.29. The molecule has 3 aromatic heterocycles. The highest BCUT2D eigenvalue weighted by molar-refractivity contribution is 7.98. The van der Waals surface area contributed by atoms with E-state index in [0.717, 1.165) is 41.1 Å². The van der Waals surface area contributed by atoms with E-state index in [0.29, 0.717) is 23.9 Å². The van der Waals surface area contributed by atoms with Gasteiger partial charge >= 0.3 is 0 Å². The Kier molecular flexibility index (Phi) is 6.09. The van der Waals surface area contributed by atoms with Gasteiger partial charge in [-0.05, 0) is 49.8 Å². The third-order valence-electron chi connectivity index (χ3n) is 5.02. The fraction of sp³-hybridized carbons (Fsp3) is 0.333. The number of nitrogens with zero attached hydrogens (tertiary/aromatic N) is 4. The summed E-state index contributed by atoms with van der Waals surface area (Å²) in [6, 6.07) is 8.68. The van der Waals surface area contributed by atoms with Gasteiger partial charge in [-0.3, -0.25) is 0 Å². The minimum absolute atomic E-state index is 0.367. The van der Waals surface area contributed by atoms with Crippen LogP contribution in [-0.2, 0) is 0 Å². The molecule has 0 saturated heterocycles. The van der Waals surface area contributed by atoms with E-state index in [2.05, 4.69) is 30.6 Å². The third-order valence-corrected chi connectivity index (χ3v) is 5.70. The lowest BCUT2D eigenvalue weighted by molar-refractivity contribution is 0.399. The number of nitrogens with one attached hydrogen (secondary N) is 2.